The summed E-state index contributed by atoms with van der Waals surface area (Å²) in [5.41, 5.74) is 2.49. The fourth-order valence-corrected chi connectivity index (χ4v) is 3.52. The predicted octanol–water partition coefficient (Wildman–Crippen LogP) is 5.53. The number of aryl methyl sites for hydroxylation is 1. The van der Waals surface area contributed by atoms with E-state index in [1.54, 1.807) is 74.7 Å². The van der Waals surface area contributed by atoms with Crippen molar-refractivity contribution in [3.63, 3.8) is 0 Å². The summed E-state index contributed by atoms with van der Waals surface area (Å²) in [5.74, 6) is 1.38. The Labute approximate surface area is 184 Å². The van der Waals surface area contributed by atoms with Crippen LogP contribution >= 0.6 is 11.6 Å². The fraction of sp³-hybridized carbons (Fsp3) is 0.120. The van der Waals surface area contributed by atoms with Gasteiger partial charge < -0.3 is 14.2 Å². The van der Waals surface area contributed by atoms with E-state index in [0.717, 1.165) is 5.56 Å². The minimum Gasteiger partial charge on any atom is -0.497 e. The van der Waals surface area contributed by atoms with Gasteiger partial charge in [0.05, 0.1) is 12.7 Å². The van der Waals surface area contributed by atoms with Gasteiger partial charge in [-0.1, -0.05) is 23.7 Å². The molecule has 0 spiro atoms. The summed E-state index contributed by atoms with van der Waals surface area (Å²) in [6.07, 6.45) is 1.65. The van der Waals surface area contributed by atoms with Crippen molar-refractivity contribution in [3.05, 3.63) is 93.7 Å². The molecular weight excluding hydrogens is 416 g/mol. The first kappa shape index (κ1) is 20.7. The largest absolute Gasteiger partial charge is 0.497 e. The molecule has 0 bridgehead atoms. The Hall–Kier alpha value is -3.57. The molecule has 0 N–H and O–H groups in total. The molecule has 0 unspecified atom stereocenters. The Morgan fingerprint density at radius 3 is 2.55 bits per heavy atom. The average Bonchev–Trinajstić information content (AvgIpc) is 3.07. The highest BCUT2D eigenvalue weighted by Gasteiger charge is 2.30. The van der Waals surface area contributed by atoms with Gasteiger partial charge in [0.25, 0.3) is 0 Å². The molecule has 4 rings (SSSR count). The third kappa shape index (κ3) is 4.47. The van der Waals surface area contributed by atoms with Gasteiger partial charge in [-0.3, -0.25) is 9.59 Å². The van der Waals surface area contributed by atoms with Crippen molar-refractivity contribution in [2.24, 2.45) is 0 Å². The Balaban J connectivity index is 1.50. The lowest BCUT2D eigenvalue weighted by Crippen LogP contribution is -2.11. The van der Waals surface area contributed by atoms with Crippen molar-refractivity contribution in [3.8, 4) is 17.2 Å². The van der Waals surface area contributed by atoms with E-state index in [-0.39, 0.29) is 23.9 Å². The summed E-state index contributed by atoms with van der Waals surface area (Å²) in [6.45, 7) is 1.67. The summed E-state index contributed by atoms with van der Waals surface area (Å²) in [5, 5.41) is 0.575. The molecule has 0 amide bonds. The van der Waals surface area contributed by atoms with Gasteiger partial charge in [-0.2, -0.15) is 0 Å². The molecule has 1 aliphatic heterocycles. The van der Waals surface area contributed by atoms with Crippen molar-refractivity contribution in [1.82, 2.24) is 0 Å². The number of fused-ring (bicyclic) bond motifs is 1. The Morgan fingerprint density at radius 2 is 1.84 bits per heavy atom. The molecule has 156 valence electrons. The molecule has 0 aliphatic carbocycles. The van der Waals surface area contributed by atoms with Crippen LogP contribution in [0.1, 0.15) is 31.8 Å². The zero-order chi connectivity index (χ0) is 22.0. The Bertz CT molecular complexity index is 1200. The molecule has 0 radical (unpaired) electrons. The summed E-state index contributed by atoms with van der Waals surface area (Å²) >= 11 is 6.02. The van der Waals surface area contributed by atoms with Crippen molar-refractivity contribution in [1.29, 1.82) is 0 Å². The number of Topliss-reactive ketones (excluding diaryl/α,β-unsaturated/α-hetero) is 2. The van der Waals surface area contributed by atoms with Gasteiger partial charge in [0.1, 0.15) is 17.2 Å². The highest BCUT2D eigenvalue weighted by Crippen LogP contribution is 2.37. The van der Waals surface area contributed by atoms with Crippen molar-refractivity contribution in [2.75, 3.05) is 13.7 Å². The molecule has 0 aromatic heterocycles. The average molecular weight is 435 g/mol. The maximum Gasteiger partial charge on any atom is 0.232 e. The third-order valence-electron chi connectivity index (χ3n) is 4.87. The molecule has 1 heterocycles. The lowest BCUT2D eigenvalue weighted by molar-refractivity contribution is 0.0920. The number of methoxy groups -OCH3 is 1. The molecule has 0 atom stereocenters. The minimum absolute atomic E-state index is 0.135. The first-order chi connectivity index (χ1) is 14.9. The third-order valence-corrected chi connectivity index (χ3v) is 5.11. The smallest absolute Gasteiger partial charge is 0.232 e. The maximum absolute atomic E-state index is 12.8. The second-order valence-corrected chi connectivity index (χ2v) is 7.48. The van der Waals surface area contributed by atoms with E-state index in [1.807, 2.05) is 6.07 Å². The summed E-state index contributed by atoms with van der Waals surface area (Å²) in [6, 6.07) is 17.3. The molecule has 3 aromatic rings. The normalized spacial score (nSPS) is 13.6. The molecule has 0 saturated heterocycles. The van der Waals surface area contributed by atoms with Gasteiger partial charge in [0.2, 0.25) is 5.78 Å². The molecule has 1 aliphatic rings. The van der Waals surface area contributed by atoms with Gasteiger partial charge in [-0.25, -0.2) is 0 Å². The summed E-state index contributed by atoms with van der Waals surface area (Å²) in [4.78, 5) is 25.2. The Morgan fingerprint density at radius 1 is 1.06 bits per heavy atom. The van der Waals surface area contributed by atoms with Gasteiger partial charge >= 0.3 is 0 Å². The van der Waals surface area contributed by atoms with Crippen LogP contribution < -0.4 is 14.2 Å². The van der Waals surface area contributed by atoms with E-state index in [1.165, 1.54) is 0 Å². The number of benzene rings is 3. The lowest BCUT2D eigenvalue weighted by atomic mass is 10.0. The van der Waals surface area contributed by atoms with Crippen LogP contribution in [0.3, 0.4) is 0 Å². The van der Waals surface area contributed by atoms with Gasteiger partial charge in [-0.05, 0) is 66.6 Å². The highest BCUT2D eigenvalue weighted by molar-refractivity contribution is 6.30. The molecule has 0 fully saturated rings. The number of carbonyl (C=O) groups excluding carboxylic acids is 2. The molecular formula is C25H19ClO5. The highest BCUT2D eigenvalue weighted by atomic mass is 35.5. The quantitative estimate of drug-likeness (QED) is 0.377. The zero-order valence-corrected chi connectivity index (χ0v) is 17.7. The fourth-order valence-electron chi connectivity index (χ4n) is 3.32. The lowest BCUT2D eigenvalue weighted by Gasteiger charge is -2.09. The standard InChI is InChI=1S/C25H19ClO5/c1-15-10-20(30-14-21(27)17-6-8-19(29-2)9-7-17)13-22-24(15)25(28)23(31-22)12-16-4-3-5-18(26)11-16/h3-13H,14H2,1-2H3/b23-12-. The van der Waals surface area contributed by atoms with E-state index in [2.05, 4.69) is 0 Å². The van der Waals surface area contributed by atoms with Crippen LogP contribution in [-0.4, -0.2) is 25.3 Å². The van der Waals surface area contributed by atoms with E-state index < -0.39 is 0 Å². The number of halogens is 1. The van der Waals surface area contributed by atoms with Gasteiger partial charge in [-0.15, -0.1) is 0 Å². The topological polar surface area (TPSA) is 61.8 Å². The van der Waals surface area contributed by atoms with Crippen LogP contribution in [0.5, 0.6) is 17.2 Å². The zero-order valence-electron chi connectivity index (χ0n) is 17.0. The van der Waals surface area contributed by atoms with Crippen LogP contribution in [0.2, 0.25) is 5.02 Å². The minimum atomic E-state index is -0.201. The number of carbonyl (C=O) groups is 2. The van der Waals surface area contributed by atoms with Crippen LogP contribution in [0.15, 0.2) is 66.4 Å². The molecule has 5 nitrogen and oxygen atoms in total. The predicted molar refractivity (Wildman–Crippen MR) is 118 cm³/mol. The van der Waals surface area contributed by atoms with E-state index >= 15 is 0 Å². The van der Waals surface area contributed by atoms with Gasteiger partial charge in [0.15, 0.2) is 18.1 Å². The molecule has 6 heteroatoms. The second kappa shape index (κ2) is 8.66. The number of hydrogen-bond acceptors (Lipinski definition) is 5. The van der Waals surface area contributed by atoms with Crippen LogP contribution in [-0.2, 0) is 0 Å². The monoisotopic (exact) mass is 434 g/mol. The second-order valence-electron chi connectivity index (χ2n) is 7.05. The number of ketones is 2. The van der Waals surface area contributed by atoms with Crippen molar-refractivity contribution < 1.29 is 23.8 Å². The molecule has 0 saturated carbocycles. The molecule has 31 heavy (non-hydrogen) atoms. The SMILES string of the molecule is COc1ccc(C(=O)COc2cc(C)c3c(c2)O/C(=C\c2cccc(Cl)c2)C3=O)cc1. The van der Waals surface area contributed by atoms with Crippen molar-refractivity contribution in [2.45, 2.75) is 6.92 Å². The van der Waals surface area contributed by atoms with Crippen molar-refractivity contribution >= 4 is 29.2 Å². The summed E-state index contributed by atoms with van der Waals surface area (Å²) < 4.78 is 16.6. The summed E-state index contributed by atoms with van der Waals surface area (Å²) in [7, 11) is 1.57. The molecule has 3 aromatic carbocycles. The number of rotatable bonds is 6. The first-order valence-electron chi connectivity index (χ1n) is 9.59. The first-order valence-corrected chi connectivity index (χ1v) is 9.97. The number of allylic oxidation sites excluding steroid dienone is 1. The van der Waals surface area contributed by atoms with Crippen LogP contribution in [0.25, 0.3) is 6.08 Å². The Kier molecular flexibility index (Phi) is 5.78. The van der Waals surface area contributed by atoms with Crippen LogP contribution in [0, 0.1) is 6.92 Å². The number of ether oxygens (including phenoxy) is 3. The van der Waals surface area contributed by atoms with Crippen LogP contribution in [0.4, 0.5) is 0 Å². The van der Waals surface area contributed by atoms with E-state index in [9.17, 15) is 9.59 Å². The van der Waals surface area contributed by atoms with E-state index in [0.29, 0.717) is 39.0 Å². The maximum atomic E-state index is 12.8. The van der Waals surface area contributed by atoms with E-state index in [4.69, 9.17) is 25.8 Å². The van der Waals surface area contributed by atoms with Gasteiger partial charge in [0, 0.05) is 16.7 Å². The number of hydrogen-bond donors (Lipinski definition) is 0.